The molecule has 0 saturated carbocycles. The molecule has 0 aliphatic rings. The highest BCUT2D eigenvalue weighted by molar-refractivity contribution is 6.30. The molecule has 0 saturated heterocycles. The van der Waals surface area contributed by atoms with E-state index in [0.29, 0.717) is 16.1 Å². The van der Waals surface area contributed by atoms with E-state index in [-0.39, 0.29) is 6.10 Å². The molecular formula is C18H17ClO4. The summed E-state index contributed by atoms with van der Waals surface area (Å²) in [6.45, 7) is 3.46. The zero-order valence-electron chi connectivity index (χ0n) is 12.9. The normalized spacial score (nSPS) is 11.8. The van der Waals surface area contributed by atoms with Crippen LogP contribution < -0.4 is 0 Å². The van der Waals surface area contributed by atoms with Crippen LogP contribution in [-0.2, 0) is 14.3 Å². The molecule has 0 bridgehead atoms. The molecule has 2 aromatic carbocycles. The number of ether oxygens (including phenoxy) is 2. The number of rotatable bonds is 5. The van der Waals surface area contributed by atoms with E-state index in [1.165, 1.54) is 0 Å². The average Bonchev–Trinajstić information content (AvgIpc) is 2.53. The summed E-state index contributed by atoms with van der Waals surface area (Å²) in [6.07, 6.45) is -1.45. The Bertz CT molecular complexity index is 665. The Balaban J connectivity index is 2.24. The van der Waals surface area contributed by atoms with E-state index < -0.39 is 18.0 Å². The molecule has 120 valence electrons. The van der Waals surface area contributed by atoms with E-state index in [4.69, 9.17) is 21.1 Å². The summed E-state index contributed by atoms with van der Waals surface area (Å²) in [7, 11) is 0. The summed E-state index contributed by atoms with van der Waals surface area (Å²) in [5.74, 6) is -1.21. The van der Waals surface area contributed by atoms with Crippen molar-refractivity contribution in [2.45, 2.75) is 26.1 Å². The molecule has 0 aliphatic heterocycles. The molecule has 1 atom stereocenters. The first-order valence-corrected chi connectivity index (χ1v) is 7.57. The summed E-state index contributed by atoms with van der Waals surface area (Å²) >= 11 is 5.86. The molecular weight excluding hydrogens is 316 g/mol. The summed E-state index contributed by atoms with van der Waals surface area (Å²) in [5.41, 5.74) is 0.869. The van der Waals surface area contributed by atoms with Crippen LogP contribution in [0.15, 0.2) is 54.6 Å². The number of esters is 2. The molecule has 23 heavy (non-hydrogen) atoms. The lowest BCUT2D eigenvalue weighted by Gasteiger charge is -2.19. The van der Waals surface area contributed by atoms with Gasteiger partial charge < -0.3 is 9.47 Å². The highest BCUT2D eigenvalue weighted by atomic mass is 35.5. The van der Waals surface area contributed by atoms with E-state index in [0.717, 1.165) is 0 Å². The molecule has 0 aliphatic carbocycles. The molecule has 0 heterocycles. The van der Waals surface area contributed by atoms with Crippen LogP contribution in [0.25, 0.3) is 0 Å². The lowest BCUT2D eigenvalue weighted by atomic mass is 10.1. The van der Waals surface area contributed by atoms with Crippen LogP contribution in [-0.4, -0.2) is 18.0 Å². The molecule has 5 heteroatoms. The minimum Gasteiger partial charge on any atom is -0.460 e. The van der Waals surface area contributed by atoms with Crippen molar-refractivity contribution in [1.29, 1.82) is 0 Å². The molecule has 0 N–H and O–H groups in total. The number of benzene rings is 2. The Morgan fingerprint density at radius 2 is 1.52 bits per heavy atom. The maximum Gasteiger partial charge on any atom is 0.352 e. The lowest BCUT2D eigenvalue weighted by molar-refractivity contribution is -0.158. The van der Waals surface area contributed by atoms with Crippen molar-refractivity contribution in [2.24, 2.45) is 0 Å². The number of carbonyl (C=O) groups excluding carboxylic acids is 2. The van der Waals surface area contributed by atoms with E-state index in [2.05, 4.69) is 0 Å². The highest BCUT2D eigenvalue weighted by Crippen LogP contribution is 2.23. The number of hydrogen-bond donors (Lipinski definition) is 0. The van der Waals surface area contributed by atoms with Gasteiger partial charge in [0.15, 0.2) is 0 Å². The molecule has 0 aromatic heterocycles. The number of halogens is 1. The zero-order chi connectivity index (χ0) is 16.8. The van der Waals surface area contributed by atoms with Gasteiger partial charge in [0.05, 0.1) is 11.7 Å². The van der Waals surface area contributed by atoms with Crippen molar-refractivity contribution in [3.05, 3.63) is 70.7 Å². The van der Waals surface area contributed by atoms with Gasteiger partial charge in [-0.15, -0.1) is 0 Å². The first-order valence-electron chi connectivity index (χ1n) is 7.19. The fourth-order valence-corrected chi connectivity index (χ4v) is 2.06. The second-order valence-electron chi connectivity index (χ2n) is 5.19. The highest BCUT2D eigenvalue weighted by Gasteiger charge is 2.27. The largest absolute Gasteiger partial charge is 0.460 e. The van der Waals surface area contributed by atoms with Gasteiger partial charge in [0, 0.05) is 10.6 Å². The molecule has 4 nitrogen and oxygen atoms in total. The molecule has 0 amide bonds. The fraction of sp³-hybridized carbons (Fsp3) is 0.222. The van der Waals surface area contributed by atoms with Crippen LogP contribution in [0.3, 0.4) is 0 Å². The van der Waals surface area contributed by atoms with Crippen LogP contribution in [0.4, 0.5) is 0 Å². The molecule has 0 radical (unpaired) electrons. The van der Waals surface area contributed by atoms with Gasteiger partial charge in [-0.05, 0) is 38.1 Å². The summed E-state index contributed by atoms with van der Waals surface area (Å²) in [6, 6.07) is 15.0. The van der Waals surface area contributed by atoms with Crippen molar-refractivity contribution in [3.8, 4) is 0 Å². The molecule has 2 rings (SSSR count). The Kier molecular flexibility index (Phi) is 5.77. The van der Waals surface area contributed by atoms with Crippen LogP contribution in [0.1, 0.15) is 35.9 Å². The SMILES string of the molecule is CC(C)OC(=O)[C@@H](OC(=O)c1ccccc1)c1ccc(Cl)cc1. The average molecular weight is 333 g/mol. The van der Waals surface area contributed by atoms with E-state index in [9.17, 15) is 9.59 Å². The Morgan fingerprint density at radius 1 is 0.913 bits per heavy atom. The minimum atomic E-state index is -1.14. The van der Waals surface area contributed by atoms with E-state index in [1.54, 1.807) is 68.4 Å². The third kappa shape index (κ3) is 4.83. The topological polar surface area (TPSA) is 52.6 Å². The summed E-state index contributed by atoms with van der Waals surface area (Å²) in [5, 5.41) is 0.527. The molecule has 0 spiro atoms. The standard InChI is InChI=1S/C18H17ClO4/c1-12(2)22-18(21)16(13-8-10-15(19)11-9-13)23-17(20)14-6-4-3-5-7-14/h3-12,16H,1-2H3/t16-/m0/s1. The number of carbonyl (C=O) groups is 2. The van der Waals surface area contributed by atoms with Gasteiger partial charge in [-0.2, -0.15) is 0 Å². The monoisotopic (exact) mass is 332 g/mol. The Morgan fingerprint density at radius 3 is 2.09 bits per heavy atom. The van der Waals surface area contributed by atoms with Crippen LogP contribution in [0.2, 0.25) is 5.02 Å². The third-order valence-electron chi connectivity index (χ3n) is 2.97. The van der Waals surface area contributed by atoms with Gasteiger partial charge in [-0.1, -0.05) is 41.9 Å². The van der Waals surface area contributed by atoms with Gasteiger partial charge in [0.1, 0.15) is 0 Å². The second kappa shape index (κ2) is 7.79. The molecule has 2 aromatic rings. The van der Waals surface area contributed by atoms with Gasteiger partial charge in [0.25, 0.3) is 0 Å². The third-order valence-corrected chi connectivity index (χ3v) is 3.23. The predicted octanol–water partition coefficient (Wildman–Crippen LogP) is 4.19. The maximum atomic E-state index is 12.3. The quantitative estimate of drug-likeness (QED) is 0.770. The van der Waals surface area contributed by atoms with Crippen LogP contribution >= 0.6 is 11.6 Å². The van der Waals surface area contributed by atoms with Gasteiger partial charge in [-0.25, -0.2) is 9.59 Å². The molecule has 0 fully saturated rings. The van der Waals surface area contributed by atoms with Crippen LogP contribution in [0.5, 0.6) is 0 Å². The Labute approximate surface area is 140 Å². The first-order chi connectivity index (χ1) is 11.0. The van der Waals surface area contributed by atoms with E-state index in [1.807, 2.05) is 0 Å². The Hall–Kier alpha value is -2.33. The second-order valence-corrected chi connectivity index (χ2v) is 5.63. The summed E-state index contributed by atoms with van der Waals surface area (Å²) in [4.78, 5) is 24.5. The van der Waals surface area contributed by atoms with Crippen molar-refractivity contribution in [2.75, 3.05) is 0 Å². The number of hydrogen-bond acceptors (Lipinski definition) is 4. The fourth-order valence-electron chi connectivity index (χ4n) is 1.93. The summed E-state index contributed by atoms with van der Waals surface area (Å²) < 4.78 is 10.6. The van der Waals surface area contributed by atoms with Gasteiger partial charge in [-0.3, -0.25) is 0 Å². The molecule has 0 unspecified atom stereocenters. The first kappa shape index (κ1) is 17.0. The van der Waals surface area contributed by atoms with Crippen molar-refractivity contribution >= 4 is 23.5 Å². The zero-order valence-corrected chi connectivity index (χ0v) is 13.6. The van der Waals surface area contributed by atoms with E-state index >= 15 is 0 Å². The van der Waals surface area contributed by atoms with Crippen LogP contribution in [0, 0.1) is 0 Å². The van der Waals surface area contributed by atoms with Crippen molar-refractivity contribution in [1.82, 2.24) is 0 Å². The van der Waals surface area contributed by atoms with Gasteiger partial charge >= 0.3 is 11.9 Å². The predicted molar refractivity (Wildman–Crippen MR) is 87.3 cm³/mol. The van der Waals surface area contributed by atoms with Crippen molar-refractivity contribution in [3.63, 3.8) is 0 Å². The minimum absolute atomic E-state index is 0.312. The van der Waals surface area contributed by atoms with Gasteiger partial charge in [0.2, 0.25) is 6.10 Å². The lowest BCUT2D eigenvalue weighted by Crippen LogP contribution is -2.24. The smallest absolute Gasteiger partial charge is 0.352 e. The maximum absolute atomic E-state index is 12.3. The van der Waals surface area contributed by atoms with Crippen molar-refractivity contribution < 1.29 is 19.1 Å².